The number of nitro groups is 1. The Morgan fingerprint density at radius 3 is 2.78 bits per heavy atom. The fourth-order valence-electron chi connectivity index (χ4n) is 2.83. The van der Waals surface area contributed by atoms with Gasteiger partial charge in [0.1, 0.15) is 5.75 Å². The third-order valence-electron chi connectivity index (χ3n) is 3.96. The molecule has 0 radical (unpaired) electrons. The summed E-state index contributed by atoms with van der Waals surface area (Å²) in [7, 11) is 1.76. The number of anilines is 1. The van der Waals surface area contributed by atoms with Gasteiger partial charge in [0, 0.05) is 40.5 Å². The summed E-state index contributed by atoms with van der Waals surface area (Å²) >= 11 is 5.83. The van der Waals surface area contributed by atoms with E-state index in [2.05, 4.69) is 5.32 Å². The lowest BCUT2D eigenvalue weighted by molar-refractivity contribution is -0.385. The molecule has 142 valence electrons. The highest BCUT2D eigenvalue weighted by atomic mass is 35.5. The van der Waals surface area contributed by atoms with Crippen molar-refractivity contribution in [3.05, 3.63) is 62.7 Å². The highest BCUT2D eigenvalue weighted by molar-refractivity contribution is 6.30. The number of ether oxygens (including phenoxy) is 2. The van der Waals surface area contributed by atoms with Crippen molar-refractivity contribution in [3.63, 3.8) is 0 Å². The number of fused-ring (bicyclic) bond motifs is 1. The van der Waals surface area contributed by atoms with Gasteiger partial charge in [-0.25, -0.2) is 0 Å². The smallest absolute Gasteiger partial charge is 0.270 e. The first-order valence-electron chi connectivity index (χ1n) is 8.17. The summed E-state index contributed by atoms with van der Waals surface area (Å²) < 4.78 is 10.7. The topological polar surface area (TPSA) is 93.9 Å². The van der Waals surface area contributed by atoms with Crippen LogP contribution in [-0.4, -0.2) is 36.1 Å². The van der Waals surface area contributed by atoms with Crippen molar-refractivity contribution in [3.8, 4) is 5.75 Å². The Hall–Kier alpha value is -2.68. The molecule has 0 saturated carbocycles. The Labute approximate surface area is 160 Å². The summed E-state index contributed by atoms with van der Waals surface area (Å²) in [5, 5.41) is 14.5. The van der Waals surface area contributed by atoms with Crippen molar-refractivity contribution >= 4 is 28.9 Å². The highest BCUT2D eigenvalue weighted by Crippen LogP contribution is 2.33. The van der Waals surface area contributed by atoms with Crippen LogP contribution in [-0.2, 0) is 22.7 Å². The number of non-ortho nitro benzene ring substituents is 1. The maximum Gasteiger partial charge on any atom is 0.270 e. The molecule has 9 heteroatoms. The number of carbonyl (C=O) groups is 1. The third-order valence-corrected chi connectivity index (χ3v) is 4.22. The van der Waals surface area contributed by atoms with Gasteiger partial charge in [-0.05, 0) is 31.3 Å². The second-order valence-corrected chi connectivity index (χ2v) is 6.62. The van der Waals surface area contributed by atoms with E-state index in [1.165, 1.54) is 12.1 Å². The van der Waals surface area contributed by atoms with Gasteiger partial charge in [0.05, 0.1) is 18.1 Å². The van der Waals surface area contributed by atoms with Crippen LogP contribution in [0.4, 0.5) is 11.4 Å². The van der Waals surface area contributed by atoms with Gasteiger partial charge in [0.15, 0.2) is 6.79 Å². The minimum atomic E-state index is -0.453. The number of nitrogens with one attached hydrogen (secondary N) is 1. The fraction of sp³-hybridized carbons (Fsp3) is 0.278. The SMILES string of the molecule is CN(CC(=O)Nc1ccc(Cl)cc1)Cc1cc([N+](=O)[O-])cc2c1OCOC2. The normalized spacial score (nSPS) is 13.0. The van der Waals surface area contributed by atoms with Crippen molar-refractivity contribution in [2.24, 2.45) is 0 Å². The van der Waals surface area contributed by atoms with Crippen LogP contribution >= 0.6 is 11.6 Å². The van der Waals surface area contributed by atoms with E-state index < -0.39 is 4.92 Å². The predicted molar refractivity (Wildman–Crippen MR) is 99.8 cm³/mol. The van der Waals surface area contributed by atoms with Crippen LogP contribution in [0.5, 0.6) is 5.75 Å². The predicted octanol–water partition coefficient (Wildman–Crippen LogP) is 3.19. The van der Waals surface area contributed by atoms with Gasteiger partial charge in [-0.3, -0.25) is 19.8 Å². The zero-order valence-electron chi connectivity index (χ0n) is 14.6. The Kier molecular flexibility index (Phi) is 5.90. The molecular weight excluding hydrogens is 374 g/mol. The van der Waals surface area contributed by atoms with E-state index in [4.69, 9.17) is 21.1 Å². The molecule has 3 rings (SSSR count). The number of amides is 1. The van der Waals surface area contributed by atoms with Gasteiger partial charge in [-0.2, -0.15) is 0 Å². The Morgan fingerprint density at radius 1 is 1.33 bits per heavy atom. The summed E-state index contributed by atoms with van der Waals surface area (Å²) in [5.74, 6) is 0.375. The number of rotatable bonds is 6. The minimum Gasteiger partial charge on any atom is -0.467 e. The average Bonchev–Trinajstić information content (AvgIpc) is 2.63. The number of hydrogen-bond acceptors (Lipinski definition) is 6. The van der Waals surface area contributed by atoms with Crippen molar-refractivity contribution in [2.45, 2.75) is 13.2 Å². The number of carbonyl (C=O) groups excluding carboxylic acids is 1. The molecule has 0 saturated heterocycles. The largest absolute Gasteiger partial charge is 0.467 e. The summed E-state index contributed by atoms with van der Waals surface area (Å²) in [6.07, 6.45) is 0. The van der Waals surface area contributed by atoms with E-state index in [1.807, 2.05) is 0 Å². The lowest BCUT2D eigenvalue weighted by atomic mass is 10.1. The summed E-state index contributed by atoms with van der Waals surface area (Å²) in [4.78, 5) is 24.7. The van der Waals surface area contributed by atoms with Gasteiger partial charge in [-0.15, -0.1) is 0 Å². The lowest BCUT2D eigenvalue weighted by Crippen LogP contribution is -2.30. The minimum absolute atomic E-state index is 0.0307. The van der Waals surface area contributed by atoms with Gasteiger partial charge < -0.3 is 14.8 Å². The maximum atomic E-state index is 12.2. The number of nitro benzene ring substituents is 1. The zero-order chi connectivity index (χ0) is 19.4. The Bertz CT molecular complexity index is 857. The number of halogens is 1. The van der Waals surface area contributed by atoms with Gasteiger partial charge >= 0.3 is 0 Å². The molecule has 1 aliphatic heterocycles. The summed E-state index contributed by atoms with van der Waals surface area (Å²) in [5.41, 5.74) is 1.89. The van der Waals surface area contributed by atoms with E-state index in [0.29, 0.717) is 34.1 Å². The van der Waals surface area contributed by atoms with Crippen LogP contribution in [0.15, 0.2) is 36.4 Å². The number of nitrogens with zero attached hydrogens (tertiary/aromatic N) is 2. The van der Waals surface area contributed by atoms with Gasteiger partial charge in [0.2, 0.25) is 5.91 Å². The van der Waals surface area contributed by atoms with E-state index >= 15 is 0 Å². The summed E-state index contributed by atoms with van der Waals surface area (Å²) in [6.45, 7) is 0.776. The second kappa shape index (κ2) is 8.34. The fourth-order valence-corrected chi connectivity index (χ4v) is 2.96. The molecule has 8 nitrogen and oxygen atoms in total. The highest BCUT2D eigenvalue weighted by Gasteiger charge is 2.22. The molecule has 0 spiro atoms. The molecule has 0 fully saturated rings. The monoisotopic (exact) mass is 391 g/mol. The molecule has 1 N–H and O–H groups in total. The van der Waals surface area contributed by atoms with Crippen molar-refractivity contribution in [1.82, 2.24) is 4.90 Å². The first-order chi connectivity index (χ1) is 12.9. The van der Waals surface area contributed by atoms with Crippen LogP contribution in [0.25, 0.3) is 0 Å². The molecule has 1 amide bonds. The van der Waals surface area contributed by atoms with Crippen molar-refractivity contribution in [2.75, 3.05) is 25.7 Å². The molecular formula is C18H18ClN3O5. The van der Waals surface area contributed by atoms with E-state index in [0.717, 1.165) is 0 Å². The molecule has 0 aliphatic carbocycles. The molecule has 1 heterocycles. The van der Waals surface area contributed by atoms with Crippen LogP contribution in [0, 0.1) is 10.1 Å². The molecule has 0 aromatic heterocycles. The van der Waals surface area contributed by atoms with Crippen LogP contribution in [0.2, 0.25) is 5.02 Å². The van der Waals surface area contributed by atoms with Crippen LogP contribution in [0.3, 0.4) is 0 Å². The molecule has 2 aromatic rings. The lowest BCUT2D eigenvalue weighted by Gasteiger charge is -2.23. The zero-order valence-corrected chi connectivity index (χ0v) is 15.4. The second-order valence-electron chi connectivity index (χ2n) is 6.19. The van der Waals surface area contributed by atoms with E-state index in [-0.39, 0.29) is 31.5 Å². The summed E-state index contributed by atoms with van der Waals surface area (Å²) in [6, 6.07) is 9.73. The number of benzene rings is 2. The number of likely N-dealkylation sites (N-methyl/N-ethyl adjacent to an activating group) is 1. The van der Waals surface area contributed by atoms with Crippen molar-refractivity contribution in [1.29, 1.82) is 0 Å². The van der Waals surface area contributed by atoms with Crippen LogP contribution < -0.4 is 10.1 Å². The molecule has 0 atom stereocenters. The molecule has 0 bridgehead atoms. The third kappa shape index (κ3) is 4.94. The molecule has 1 aliphatic rings. The van der Waals surface area contributed by atoms with Crippen LogP contribution in [0.1, 0.15) is 11.1 Å². The number of hydrogen-bond donors (Lipinski definition) is 1. The maximum absolute atomic E-state index is 12.2. The van der Waals surface area contributed by atoms with E-state index in [1.54, 1.807) is 36.2 Å². The van der Waals surface area contributed by atoms with Gasteiger partial charge in [-0.1, -0.05) is 11.6 Å². The van der Waals surface area contributed by atoms with Crippen molar-refractivity contribution < 1.29 is 19.2 Å². The molecule has 0 unspecified atom stereocenters. The van der Waals surface area contributed by atoms with Gasteiger partial charge in [0.25, 0.3) is 5.69 Å². The Morgan fingerprint density at radius 2 is 2.07 bits per heavy atom. The molecule has 27 heavy (non-hydrogen) atoms. The standard InChI is InChI=1S/C18H18ClN3O5/c1-21(9-17(23)20-15-4-2-14(19)3-5-15)8-12-6-16(22(24)25)7-13-10-26-11-27-18(12)13/h2-7H,8-11H2,1H3,(H,20,23). The van der Waals surface area contributed by atoms with E-state index in [9.17, 15) is 14.9 Å². The first kappa shape index (κ1) is 19.1. The Balaban J connectivity index is 1.68. The quantitative estimate of drug-likeness (QED) is 0.600. The average molecular weight is 392 g/mol. The molecule has 2 aromatic carbocycles. The first-order valence-corrected chi connectivity index (χ1v) is 8.55.